The Kier molecular flexibility index (Phi) is 5.86. The number of nitrogen functional groups attached to an aromatic ring is 1. The average molecular weight is 434 g/mol. The van der Waals surface area contributed by atoms with Crippen LogP contribution >= 0.6 is 0 Å². The molecule has 0 atom stereocenters. The molecule has 8 nitrogen and oxygen atoms in total. The molecule has 1 aliphatic heterocycles. The molecule has 1 aliphatic rings. The van der Waals surface area contributed by atoms with Gasteiger partial charge >= 0.3 is 6.18 Å². The van der Waals surface area contributed by atoms with E-state index in [1.54, 1.807) is 24.0 Å². The maximum atomic E-state index is 12.9. The molecule has 3 aromatic rings. The Hall–Kier alpha value is -3.08. The maximum Gasteiger partial charge on any atom is 0.416 e. The number of nitrogens with zero attached hydrogens (tertiary/aromatic N) is 6. The molecule has 0 saturated carbocycles. The summed E-state index contributed by atoms with van der Waals surface area (Å²) in [5, 5.41) is 8.07. The zero-order valence-electron chi connectivity index (χ0n) is 17.2. The number of halogens is 3. The molecule has 3 heterocycles. The van der Waals surface area contributed by atoms with E-state index < -0.39 is 11.7 Å². The van der Waals surface area contributed by atoms with Crippen molar-refractivity contribution in [1.82, 2.24) is 24.6 Å². The first-order valence-electron chi connectivity index (χ1n) is 10.1. The summed E-state index contributed by atoms with van der Waals surface area (Å²) in [6.45, 7) is 4.59. The Labute approximate surface area is 177 Å². The van der Waals surface area contributed by atoms with Crippen LogP contribution in [-0.2, 0) is 13.2 Å². The largest absolute Gasteiger partial charge is 0.416 e. The SMILES string of the molecule is Cn1ncc2c(N)nc(NCCCN3CCN(c4cccc(C(F)(F)F)c4)CC3)nc21. The molecule has 0 bridgehead atoms. The minimum Gasteiger partial charge on any atom is -0.383 e. The van der Waals surface area contributed by atoms with Gasteiger partial charge in [0.25, 0.3) is 0 Å². The van der Waals surface area contributed by atoms with Crippen LogP contribution in [0.2, 0.25) is 0 Å². The normalized spacial score (nSPS) is 15.5. The number of piperazine rings is 1. The fraction of sp³-hybridized carbons (Fsp3) is 0.450. The lowest BCUT2D eigenvalue weighted by Gasteiger charge is -2.36. The van der Waals surface area contributed by atoms with Crippen molar-refractivity contribution >= 4 is 28.5 Å². The molecular formula is C20H25F3N8. The van der Waals surface area contributed by atoms with Crippen molar-refractivity contribution in [3.63, 3.8) is 0 Å². The lowest BCUT2D eigenvalue weighted by Crippen LogP contribution is -2.46. The molecule has 0 radical (unpaired) electrons. The van der Waals surface area contributed by atoms with Gasteiger partial charge in [-0.1, -0.05) is 6.07 Å². The van der Waals surface area contributed by atoms with Crippen molar-refractivity contribution < 1.29 is 13.2 Å². The first-order chi connectivity index (χ1) is 14.8. The third-order valence-corrected chi connectivity index (χ3v) is 5.47. The fourth-order valence-corrected chi connectivity index (χ4v) is 3.73. The molecule has 1 aromatic carbocycles. The predicted molar refractivity (Wildman–Crippen MR) is 114 cm³/mol. The van der Waals surface area contributed by atoms with Crippen LogP contribution in [0.15, 0.2) is 30.5 Å². The first-order valence-corrected chi connectivity index (χ1v) is 10.1. The van der Waals surface area contributed by atoms with Crippen molar-refractivity contribution in [2.45, 2.75) is 12.6 Å². The molecule has 0 spiro atoms. The summed E-state index contributed by atoms with van der Waals surface area (Å²) in [5.41, 5.74) is 6.66. The molecule has 11 heteroatoms. The van der Waals surface area contributed by atoms with Crippen LogP contribution in [0.25, 0.3) is 11.0 Å². The number of fused-ring (bicyclic) bond motifs is 1. The van der Waals surface area contributed by atoms with Gasteiger partial charge in [0.05, 0.1) is 17.1 Å². The third kappa shape index (κ3) is 4.82. The van der Waals surface area contributed by atoms with Crippen molar-refractivity contribution in [3.05, 3.63) is 36.0 Å². The molecule has 0 unspecified atom stereocenters. The van der Waals surface area contributed by atoms with Gasteiger partial charge < -0.3 is 16.0 Å². The quantitative estimate of drug-likeness (QED) is 0.577. The summed E-state index contributed by atoms with van der Waals surface area (Å²) in [6.07, 6.45) is -1.79. The molecule has 1 saturated heterocycles. The van der Waals surface area contributed by atoms with E-state index in [4.69, 9.17) is 5.73 Å². The Morgan fingerprint density at radius 1 is 1.13 bits per heavy atom. The standard InChI is InChI=1S/C20H25F3N8/c1-29-18-16(13-26-29)17(24)27-19(28-18)25-6-3-7-30-8-10-31(11-9-30)15-5-2-4-14(12-15)20(21,22)23/h2,4-5,12-13H,3,6-11H2,1H3,(H3,24,25,27,28). The highest BCUT2D eigenvalue weighted by atomic mass is 19.4. The highest BCUT2D eigenvalue weighted by Gasteiger charge is 2.31. The smallest absolute Gasteiger partial charge is 0.383 e. The van der Waals surface area contributed by atoms with Crippen LogP contribution in [0.4, 0.5) is 30.6 Å². The van der Waals surface area contributed by atoms with Gasteiger partial charge in [-0.15, -0.1) is 0 Å². The van der Waals surface area contributed by atoms with Gasteiger partial charge in [0.1, 0.15) is 5.82 Å². The van der Waals surface area contributed by atoms with Crippen LogP contribution in [-0.4, -0.2) is 63.9 Å². The molecule has 2 aromatic heterocycles. The van der Waals surface area contributed by atoms with E-state index in [1.807, 2.05) is 4.90 Å². The second-order valence-electron chi connectivity index (χ2n) is 7.60. The van der Waals surface area contributed by atoms with Crippen LogP contribution < -0.4 is 16.0 Å². The number of hydrogen-bond acceptors (Lipinski definition) is 7. The van der Waals surface area contributed by atoms with Crippen LogP contribution in [0.1, 0.15) is 12.0 Å². The van der Waals surface area contributed by atoms with Crippen molar-refractivity contribution in [3.8, 4) is 0 Å². The van der Waals surface area contributed by atoms with E-state index >= 15 is 0 Å². The molecule has 31 heavy (non-hydrogen) atoms. The van der Waals surface area contributed by atoms with Crippen LogP contribution in [0, 0.1) is 0 Å². The van der Waals surface area contributed by atoms with E-state index in [2.05, 4.69) is 25.3 Å². The second-order valence-corrected chi connectivity index (χ2v) is 7.60. The molecule has 3 N–H and O–H groups in total. The van der Waals surface area contributed by atoms with E-state index in [-0.39, 0.29) is 0 Å². The molecule has 0 aliphatic carbocycles. The number of rotatable bonds is 6. The predicted octanol–water partition coefficient (Wildman–Crippen LogP) is 2.59. The Morgan fingerprint density at radius 3 is 2.65 bits per heavy atom. The number of anilines is 3. The highest BCUT2D eigenvalue weighted by Crippen LogP contribution is 2.31. The van der Waals surface area contributed by atoms with Gasteiger partial charge in [-0.3, -0.25) is 9.58 Å². The third-order valence-electron chi connectivity index (χ3n) is 5.47. The van der Waals surface area contributed by atoms with E-state index in [1.165, 1.54) is 12.1 Å². The topological polar surface area (TPSA) is 88.1 Å². The summed E-state index contributed by atoms with van der Waals surface area (Å²) in [7, 11) is 1.80. The molecule has 4 rings (SSSR count). The molecular weight excluding hydrogens is 409 g/mol. The Balaban J connectivity index is 1.24. The van der Waals surface area contributed by atoms with Gasteiger partial charge in [0, 0.05) is 45.5 Å². The number of aryl methyl sites for hydroxylation is 1. The zero-order chi connectivity index (χ0) is 22.0. The average Bonchev–Trinajstić information content (AvgIpc) is 3.12. The number of nitrogens with two attached hydrogens (primary N) is 1. The monoisotopic (exact) mass is 434 g/mol. The highest BCUT2D eigenvalue weighted by molar-refractivity contribution is 5.86. The van der Waals surface area contributed by atoms with E-state index in [0.717, 1.165) is 37.5 Å². The van der Waals surface area contributed by atoms with Crippen molar-refractivity contribution in [2.75, 3.05) is 55.2 Å². The summed E-state index contributed by atoms with van der Waals surface area (Å²) in [4.78, 5) is 13.0. The summed E-state index contributed by atoms with van der Waals surface area (Å²) in [5.74, 6) is 0.870. The molecule has 166 valence electrons. The second kappa shape index (κ2) is 8.58. The minimum atomic E-state index is -4.32. The van der Waals surface area contributed by atoms with Crippen LogP contribution in [0.5, 0.6) is 0 Å². The zero-order valence-corrected chi connectivity index (χ0v) is 17.2. The lowest BCUT2D eigenvalue weighted by molar-refractivity contribution is -0.137. The van der Waals surface area contributed by atoms with Crippen molar-refractivity contribution in [1.29, 1.82) is 0 Å². The van der Waals surface area contributed by atoms with E-state index in [0.29, 0.717) is 42.7 Å². The Morgan fingerprint density at radius 2 is 1.90 bits per heavy atom. The maximum absolute atomic E-state index is 12.9. The summed E-state index contributed by atoms with van der Waals surface area (Å²) < 4.78 is 40.5. The van der Waals surface area contributed by atoms with Gasteiger partial charge in [0.15, 0.2) is 5.65 Å². The number of aromatic nitrogens is 4. The minimum absolute atomic E-state index is 0.395. The molecule has 0 amide bonds. The van der Waals surface area contributed by atoms with Crippen LogP contribution in [0.3, 0.4) is 0 Å². The Bertz CT molecular complexity index is 1040. The number of nitrogens with one attached hydrogen (secondary N) is 1. The fourth-order valence-electron chi connectivity index (χ4n) is 3.73. The number of benzene rings is 1. The lowest BCUT2D eigenvalue weighted by atomic mass is 10.1. The van der Waals surface area contributed by atoms with E-state index in [9.17, 15) is 13.2 Å². The van der Waals surface area contributed by atoms with Gasteiger partial charge in [-0.05, 0) is 31.2 Å². The first kappa shape index (κ1) is 21.2. The van der Waals surface area contributed by atoms with Gasteiger partial charge in [0.2, 0.25) is 5.95 Å². The van der Waals surface area contributed by atoms with Gasteiger partial charge in [-0.25, -0.2) is 0 Å². The van der Waals surface area contributed by atoms with Gasteiger partial charge in [-0.2, -0.15) is 28.2 Å². The number of alkyl halides is 3. The number of hydrogen-bond donors (Lipinski definition) is 2. The summed E-state index contributed by atoms with van der Waals surface area (Å²) in [6, 6.07) is 5.54. The van der Waals surface area contributed by atoms with Crippen molar-refractivity contribution in [2.24, 2.45) is 7.05 Å². The summed E-state index contributed by atoms with van der Waals surface area (Å²) >= 11 is 0. The molecule has 1 fully saturated rings.